The lowest BCUT2D eigenvalue weighted by molar-refractivity contribution is 0.0444. The van der Waals surface area contributed by atoms with Crippen molar-refractivity contribution < 1.29 is 9.94 Å². The van der Waals surface area contributed by atoms with Gasteiger partial charge in [-0.2, -0.15) is 5.26 Å². The molecule has 1 aromatic heterocycles. The van der Waals surface area contributed by atoms with E-state index < -0.39 is 0 Å². The second-order valence-electron chi connectivity index (χ2n) is 6.01. The van der Waals surface area contributed by atoms with Crippen molar-refractivity contribution in [2.45, 2.75) is 19.9 Å². The van der Waals surface area contributed by atoms with Gasteiger partial charge in [-0.15, -0.1) is 0 Å². The summed E-state index contributed by atoms with van der Waals surface area (Å²) in [6.07, 6.45) is 2.72. The summed E-state index contributed by atoms with van der Waals surface area (Å²) in [4.78, 5) is 0. The Bertz CT molecular complexity index is 976. The van der Waals surface area contributed by atoms with Crippen LogP contribution in [-0.2, 0) is 6.54 Å². The Labute approximate surface area is 163 Å². The van der Waals surface area contributed by atoms with Crippen molar-refractivity contribution in [3.05, 3.63) is 48.0 Å². The number of ether oxygens (including phenoxy) is 1. The van der Waals surface area contributed by atoms with Crippen LogP contribution in [0.3, 0.4) is 0 Å². The van der Waals surface area contributed by atoms with Crippen molar-refractivity contribution in [2.24, 2.45) is 0 Å². The Morgan fingerprint density at radius 2 is 2.00 bits per heavy atom. The minimum atomic E-state index is 0.644. The molecule has 3 rings (SSSR count). The molecule has 0 amide bonds. The number of aromatic nitrogens is 1. The molecule has 2 N–H and O–H groups in total. The molecule has 1 heterocycles. The van der Waals surface area contributed by atoms with E-state index in [-0.39, 0.29) is 0 Å². The molecular formula is C20H22N4O2S. The average Bonchev–Trinajstić information content (AvgIpc) is 3.01. The zero-order valence-corrected chi connectivity index (χ0v) is 16.4. The van der Waals surface area contributed by atoms with Gasteiger partial charge in [0.15, 0.2) is 0 Å². The summed E-state index contributed by atoms with van der Waals surface area (Å²) in [5.74, 6) is 0.735. The van der Waals surface area contributed by atoms with Gasteiger partial charge in [-0.25, -0.2) is 0 Å². The molecule has 7 heteroatoms. The van der Waals surface area contributed by atoms with Gasteiger partial charge in [0, 0.05) is 18.2 Å². The van der Waals surface area contributed by atoms with Crippen molar-refractivity contribution in [3.63, 3.8) is 0 Å². The van der Waals surface area contributed by atoms with E-state index >= 15 is 0 Å². The lowest BCUT2D eigenvalue weighted by atomic mass is 10.1. The highest BCUT2D eigenvalue weighted by Crippen LogP contribution is 2.36. The number of anilines is 1. The highest BCUT2D eigenvalue weighted by atomic mass is 32.2. The maximum atomic E-state index is 9.87. The summed E-state index contributed by atoms with van der Waals surface area (Å²) in [5.41, 5.74) is 7.13. The zero-order chi connectivity index (χ0) is 19.4. The van der Waals surface area contributed by atoms with Crippen molar-refractivity contribution >= 4 is 28.5 Å². The number of hydrogen-bond acceptors (Lipinski definition) is 6. The van der Waals surface area contributed by atoms with Crippen LogP contribution in [0.5, 0.6) is 5.75 Å². The Hall–Kier alpha value is -2.66. The predicted molar refractivity (Wildman–Crippen MR) is 110 cm³/mol. The van der Waals surface area contributed by atoms with E-state index in [1.54, 1.807) is 13.4 Å². The van der Waals surface area contributed by atoms with Crippen LogP contribution in [0.15, 0.2) is 42.5 Å². The first-order valence-corrected chi connectivity index (χ1v) is 9.81. The van der Waals surface area contributed by atoms with Crippen LogP contribution < -0.4 is 10.2 Å². The summed E-state index contributed by atoms with van der Waals surface area (Å²) < 4.78 is 8.47. The minimum absolute atomic E-state index is 0.644. The molecule has 0 saturated heterocycles. The van der Waals surface area contributed by atoms with E-state index in [1.165, 1.54) is 0 Å². The smallest absolute Gasteiger partial charge is 0.119 e. The van der Waals surface area contributed by atoms with Crippen LogP contribution in [0.2, 0.25) is 0 Å². The Kier molecular flexibility index (Phi) is 5.91. The summed E-state index contributed by atoms with van der Waals surface area (Å²) in [7, 11) is 1.63. The molecule has 27 heavy (non-hydrogen) atoms. The SMILES string of the molecule is CCCn1c(-c2ccc(NN(O)SC)cc2)c(C#N)c2cc(OC)ccc21. The van der Waals surface area contributed by atoms with Gasteiger partial charge >= 0.3 is 0 Å². The van der Waals surface area contributed by atoms with Crippen LogP contribution in [0.1, 0.15) is 18.9 Å². The van der Waals surface area contributed by atoms with Gasteiger partial charge in [0.05, 0.1) is 29.6 Å². The number of nitriles is 1. The summed E-state index contributed by atoms with van der Waals surface area (Å²) in [5, 5.41) is 20.3. The zero-order valence-electron chi connectivity index (χ0n) is 15.6. The van der Waals surface area contributed by atoms with Gasteiger partial charge in [-0.1, -0.05) is 19.1 Å². The van der Waals surface area contributed by atoms with Gasteiger partial charge in [0.25, 0.3) is 0 Å². The largest absolute Gasteiger partial charge is 0.497 e. The third kappa shape index (κ3) is 3.74. The Morgan fingerprint density at radius 3 is 2.59 bits per heavy atom. The molecular weight excluding hydrogens is 360 g/mol. The third-order valence-corrected chi connectivity index (χ3v) is 4.82. The summed E-state index contributed by atoms with van der Waals surface area (Å²) in [6.45, 7) is 2.94. The van der Waals surface area contributed by atoms with Gasteiger partial charge in [0.1, 0.15) is 11.8 Å². The first-order chi connectivity index (χ1) is 13.1. The number of hydrogen-bond donors (Lipinski definition) is 2. The molecule has 0 aliphatic carbocycles. The molecule has 0 aliphatic heterocycles. The van der Waals surface area contributed by atoms with Gasteiger partial charge in [-0.05, 0) is 58.8 Å². The van der Waals surface area contributed by atoms with Crippen LogP contribution >= 0.6 is 11.9 Å². The lowest BCUT2D eigenvalue weighted by Crippen LogP contribution is -2.17. The van der Waals surface area contributed by atoms with Crippen molar-refractivity contribution in [3.8, 4) is 23.1 Å². The Balaban J connectivity index is 2.15. The number of aryl methyl sites for hydroxylation is 1. The number of benzene rings is 2. The second kappa shape index (κ2) is 8.35. The topological polar surface area (TPSA) is 73.5 Å². The molecule has 6 nitrogen and oxygen atoms in total. The van der Waals surface area contributed by atoms with Crippen LogP contribution in [0.25, 0.3) is 22.2 Å². The van der Waals surface area contributed by atoms with E-state index in [1.807, 2.05) is 42.5 Å². The third-order valence-electron chi connectivity index (χ3n) is 4.39. The predicted octanol–water partition coefficient (Wildman–Crippen LogP) is 4.89. The minimum Gasteiger partial charge on any atom is -0.497 e. The summed E-state index contributed by atoms with van der Waals surface area (Å²) >= 11 is 1.16. The standard InChI is InChI=1S/C20H22N4O2S/c1-4-11-23-19-10-9-16(26-2)12-17(19)18(13-21)20(23)14-5-7-15(8-6-14)22-24(25)27-3/h5-10,12,22,25H,4,11H2,1-3H3. The normalized spacial score (nSPS) is 11.0. The second-order valence-corrected chi connectivity index (χ2v) is 6.73. The maximum Gasteiger partial charge on any atom is 0.119 e. The molecule has 0 bridgehead atoms. The van der Waals surface area contributed by atoms with E-state index in [9.17, 15) is 10.5 Å². The van der Waals surface area contributed by atoms with Crippen molar-refractivity contribution in [1.82, 2.24) is 9.14 Å². The number of fused-ring (bicyclic) bond motifs is 1. The maximum absolute atomic E-state index is 9.87. The quantitative estimate of drug-likeness (QED) is 0.447. The van der Waals surface area contributed by atoms with E-state index in [0.29, 0.717) is 5.56 Å². The number of nitrogens with one attached hydrogen (secondary N) is 1. The molecule has 0 spiro atoms. The number of hydrazine groups is 1. The number of rotatable bonds is 7. The van der Waals surface area contributed by atoms with Gasteiger partial charge < -0.3 is 9.30 Å². The van der Waals surface area contributed by atoms with Crippen LogP contribution in [0.4, 0.5) is 5.69 Å². The molecule has 0 aliphatic rings. The molecule has 140 valence electrons. The molecule has 0 unspecified atom stereocenters. The molecule has 0 fully saturated rings. The molecule has 0 atom stereocenters. The highest BCUT2D eigenvalue weighted by Gasteiger charge is 2.19. The molecule has 0 saturated carbocycles. The van der Waals surface area contributed by atoms with Crippen molar-refractivity contribution in [2.75, 3.05) is 18.8 Å². The van der Waals surface area contributed by atoms with Gasteiger partial charge in [-0.3, -0.25) is 10.6 Å². The average molecular weight is 382 g/mol. The molecule has 2 aromatic carbocycles. The molecule has 3 aromatic rings. The lowest BCUT2D eigenvalue weighted by Gasteiger charge is -2.14. The Morgan fingerprint density at radius 1 is 1.26 bits per heavy atom. The summed E-state index contributed by atoms with van der Waals surface area (Å²) in [6, 6.07) is 15.9. The number of nitrogens with zero attached hydrogens (tertiary/aromatic N) is 3. The van der Waals surface area contributed by atoms with Gasteiger partial charge in [0.2, 0.25) is 0 Å². The van der Waals surface area contributed by atoms with Crippen LogP contribution in [0, 0.1) is 11.3 Å². The van der Waals surface area contributed by atoms with Crippen LogP contribution in [-0.4, -0.2) is 27.7 Å². The first kappa shape index (κ1) is 19.1. The monoisotopic (exact) mass is 382 g/mol. The van der Waals surface area contributed by atoms with E-state index in [4.69, 9.17) is 4.74 Å². The van der Waals surface area contributed by atoms with E-state index in [0.717, 1.165) is 63.1 Å². The molecule has 0 radical (unpaired) electrons. The fraction of sp³-hybridized carbons (Fsp3) is 0.250. The van der Waals surface area contributed by atoms with E-state index in [2.05, 4.69) is 23.0 Å². The van der Waals surface area contributed by atoms with Crippen molar-refractivity contribution in [1.29, 1.82) is 5.26 Å². The fourth-order valence-corrected chi connectivity index (χ4v) is 3.39. The highest BCUT2D eigenvalue weighted by molar-refractivity contribution is 7.96. The number of methoxy groups -OCH3 is 1. The first-order valence-electron chi connectivity index (χ1n) is 8.63. The fourth-order valence-electron chi connectivity index (χ4n) is 3.19.